The van der Waals surface area contributed by atoms with Crippen molar-refractivity contribution in [3.05, 3.63) is 62.8 Å². The summed E-state index contributed by atoms with van der Waals surface area (Å²) in [6.45, 7) is 0. The third kappa shape index (κ3) is 3.17. The molecule has 0 aromatic heterocycles. The normalized spacial score (nSPS) is 10.2. The van der Waals surface area contributed by atoms with Crippen LogP contribution in [-0.2, 0) is 0 Å². The summed E-state index contributed by atoms with van der Waals surface area (Å²) in [6, 6.07) is 11.4. The molecule has 0 spiro atoms. The van der Waals surface area contributed by atoms with E-state index in [4.69, 9.17) is 0 Å². The first-order chi connectivity index (χ1) is 8.56. The molecule has 2 nitrogen and oxygen atoms in total. The van der Waals surface area contributed by atoms with E-state index in [1.54, 1.807) is 18.2 Å². The van der Waals surface area contributed by atoms with Crippen molar-refractivity contribution in [2.75, 3.05) is 5.32 Å². The van der Waals surface area contributed by atoms with Crippen LogP contribution in [0.2, 0.25) is 0 Å². The van der Waals surface area contributed by atoms with Crippen molar-refractivity contribution in [1.82, 2.24) is 0 Å². The van der Waals surface area contributed by atoms with E-state index in [0.717, 1.165) is 4.47 Å². The fourth-order valence-corrected chi connectivity index (χ4v) is 2.18. The molecule has 18 heavy (non-hydrogen) atoms. The van der Waals surface area contributed by atoms with E-state index in [9.17, 15) is 9.18 Å². The molecule has 0 atom stereocenters. The zero-order chi connectivity index (χ0) is 13.1. The lowest BCUT2D eigenvalue weighted by molar-refractivity contribution is 0.102. The molecule has 0 radical (unpaired) electrons. The molecule has 92 valence electrons. The van der Waals surface area contributed by atoms with Crippen LogP contribution in [0.4, 0.5) is 10.1 Å². The Morgan fingerprint density at radius 3 is 2.56 bits per heavy atom. The van der Waals surface area contributed by atoms with Crippen molar-refractivity contribution < 1.29 is 9.18 Å². The Labute approximate surface area is 120 Å². The second kappa shape index (κ2) is 5.63. The largest absolute Gasteiger partial charge is 0.322 e. The van der Waals surface area contributed by atoms with Crippen molar-refractivity contribution in [1.29, 1.82) is 0 Å². The van der Waals surface area contributed by atoms with Gasteiger partial charge in [0.2, 0.25) is 0 Å². The average molecular weight is 373 g/mol. The Hall–Kier alpha value is -1.20. The Balaban J connectivity index is 2.18. The van der Waals surface area contributed by atoms with E-state index in [1.807, 2.05) is 6.07 Å². The number of amides is 1. The third-order valence-corrected chi connectivity index (χ3v) is 3.37. The predicted octanol–water partition coefficient (Wildman–Crippen LogP) is 4.60. The highest BCUT2D eigenvalue weighted by Crippen LogP contribution is 2.21. The number of halogens is 3. The van der Waals surface area contributed by atoms with Crippen LogP contribution in [0, 0.1) is 5.82 Å². The fraction of sp³-hybridized carbons (Fsp3) is 0. The number of carbonyl (C=O) groups is 1. The molecule has 2 aromatic carbocycles. The summed E-state index contributed by atoms with van der Waals surface area (Å²) >= 11 is 6.37. The summed E-state index contributed by atoms with van der Waals surface area (Å²) in [5.41, 5.74) is 1.07. The molecule has 0 aliphatic heterocycles. The molecule has 0 saturated heterocycles. The molecular formula is C13H8Br2FNO. The van der Waals surface area contributed by atoms with Crippen LogP contribution < -0.4 is 5.32 Å². The number of rotatable bonds is 2. The van der Waals surface area contributed by atoms with E-state index in [0.29, 0.717) is 15.7 Å². The minimum absolute atomic E-state index is 0.241. The van der Waals surface area contributed by atoms with Gasteiger partial charge in [-0.05, 0) is 52.3 Å². The van der Waals surface area contributed by atoms with Gasteiger partial charge in [-0.15, -0.1) is 0 Å². The van der Waals surface area contributed by atoms with Crippen LogP contribution in [0.15, 0.2) is 51.4 Å². The summed E-state index contributed by atoms with van der Waals surface area (Å²) in [6.07, 6.45) is 0. The van der Waals surface area contributed by atoms with Crippen LogP contribution in [0.1, 0.15) is 10.4 Å². The van der Waals surface area contributed by atoms with Crippen molar-refractivity contribution >= 4 is 43.5 Å². The van der Waals surface area contributed by atoms with Crippen molar-refractivity contribution in [2.24, 2.45) is 0 Å². The lowest BCUT2D eigenvalue weighted by Gasteiger charge is -2.06. The van der Waals surface area contributed by atoms with Crippen molar-refractivity contribution in [3.63, 3.8) is 0 Å². The molecule has 2 aromatic rings. The van der Waals surface area contributed by atoms with Gasteiger partial charge in [0.15, 0.2) is 0 Å². The molecular weight excluding hydrogens is 365 g/mol. The molecule has 0 heterocycles. The van der Waals surface area contributed by atoms with Gasteiger partial charge in [0.25, 0.3) is 5.91 Å². The second-order valence-electron chi connectivity index (χ2n) is 3.59. The molecule has 0 aliphatic rings. The standard InChI is InChI=1S/C13H8Br2FNO/c14-9-3-1-2-8(6-9)13(18)17-10-4-5-12(16)11(15)7-10/h1-7H,(H,17,18). The average Bonchev–Trinajstić information content (AvgIpc) is 2.34. The zero-order valence-electron chi connectivity index (χ0n) is 9.08. The SMILES string of the molecule is O=C(Nc1ccc(F)c(Br)c1)c1cccc(Br)c1. The highest BCUT2D eigenvalue weighted by atomic mass is 79.9. The minimum Gasteiger partial charge on any atom is -0.322 e. The Morgan fingerprint density at radius 2 is 1.89 bits per heavy atom. The van der Waals surface area contributed by atoms with Gasteiger partial charge >= 0.3 is 0 Å². The molecule has 0 fully saturated rings. The molecule has 0 saturated carbocycles. The van der Waals surface area contributed by atoms with Gasteiger partial charge in [0.05, 0.1) is 4.47 Å². The van der Waals surface area contributed by atoms with Crippen LogP contribution >= 0.6 is 31.9 Å². The minimum atomic E-state index is -0.365. The van der Waals surface area contributed by atoms with Crippen molar-refractivity contribution in [2.45, 2.75) is 0 Å². The van der Waals surface area contributed by atoms with E-state index >= 15 is 0 Å². The van der Waals surface area contributed by atoms with E-state index in [-0.39, 0.29) is 11.7 Å². The quantitative estimate of drug-likeness (QED) is 0.819. The summed E-state index contributed by atoms with van der Waals surface area (Å²) in [5.74, 6) is -0.606. The van der Waals surface area contributed by atoms with Crippen LogP contribution in [0.5, 0.6) is 0 Å². The summed E-state index contributed by atoms with van der Waals surface area (Å²) < 4.78 is 14.2. The molecule has 1 N–H and O–H groups in total. The van der Waals surface area contributed by atoms with Gasteiger partial charge in [0, 0.05) is 15.7 Å². The molecule has 0 unspecified atom stereocenters. The van der Waals surface area contributed by atoms with Gasteiger partial charge < -0.3 is 5.32 Å². The number of benzene rings is 2. The van der Waals surface area contributed by atoms with Gasteiger partial charge in [-0.1, -0.05) is 22.0 Å². The maximum absolute atomic E-state index is 13.0. The number of carbonyl (C=O) groups excluding carboxylic acids is 1. The molecule has 0 bridgehead atoms. The smallest absolute Gasteiger partial charge is 0.255 e. The van der Waals surface area contributed by atoms with E-state index < -0.39 is 0 Å². The molecule has 2 rings (SSSR count). The highest BCUT2D eigenvalue weighted by Gasteiger charge is 2.07. The van der Waals surface area contributed by atoms with Crippen LogP contribution in [0.3, 0.4) is 0 Å². The van der Waals surface area contributed by atoms with Crippen LogP contribution in [0.25, 0.3) is 0 Å². The van der Waals surface area contributed by atoms with Gasteiger partial charge in [0.1, 0.15) is 5.82 Å². The highest BCUT2D eigenvalue weighted by molar-refractivity contribution is 9.10. The Morgan fingerprint density at radius 1 is 1.11 bits per heavy atom. The monoisotopic (exact) mass is 371 g/mol. The Bertz CT molecular complexity index is 601. The van der Waals surface area contributed by atoms with Gasteiger partial charge in [-0.2, -0.15) is 0 Å². The number of hydrogen-bond donors (Lipinski definition) is 1. The second-order valence-corrected chi connectivity index (χ2v) is 5.36. The summed E-state index contributed by atoms with van der Waals surface area (Å²) in [5, 5.41) is 2.70. The first-order valence-electron chi connectivity index (χ1n) is 5.08. The number of hydrogen-bond acceptors (Lipinski definition) is 1. The first-order valence-corrected chi connectivity index (χ1v) is 6.67. The topological polar surface area (TPSA) is 29.1 Å². The molecule has 5 heteroatoms. The molecule has 1 amide bonds. The lowest BCUT2D eigenvalue weighted by Crippen LogP contribution is -2.11. The van der Waals surface area contributed by atoms with Crippen LogP contribution in [-0.4, -0.2) is 5.91 Å². The number of anilines is 1. The molecule has 0 aliphatic carbocycles. The summed E-state index contributed by atoms with van der Waals surface area (Å²) in [7, 11) is 0. The third-order valence-electron chi connectivity index (χ3n) is 2.26. The Kier molecular flexibility index (Phi) is 4.14. The van der Waals surface area contributed by atoms with Gasteiger partial charge in [-0.25, -0.2) is 4.39 Å². The van der Waals surface area contributed by atoms with E-state index in [1.165, 1.54) is 18.2 Å². The van der Waals surface area contributed by atoms with E-state index in [2.05, 4.69) is 37.2 Å². The zero-order valence-corrected chi connectivity index (χ0v) is 12.3. The first kappa shape index (κ1) is 13.2. The fourth-order valence-electron chi connectivity index (χ4n) is 1.41. The maximum atomic E-state index is 13.0. The predicted molar refractivity (Wildman–Crippen MR) is 76.2 cm³/mol. The lowest BCUT2D eigenvalue weighted by atomic mass is 10.2. The maximum Gasteiger partial charge on any atom is 0.255 e. The van der Waals surface area contributed by atoms with Crippen molar-refractivity contribution in [3.8, 4) is 0 Å². The summed E-state index contributed by atoms with van der Waals surface area (Å²) in [4.78, 5) is 11.9. The number of nitrogens with one attached hydrogen (secondary N) is 1. The van der Waals surface area contributed by atoms with Gasteiger partial charge in [-0.3, -0.25) is 4.79 Å².